The summed E-state index contributed by atoms with van der Waals surface area (Å²) in [6.45, 7) is 17.4. The molecule has 0 spiro atoms. The molecule has 1 heterocycles. The van der Waals surface area contributed by atoms with E-state index in [4.69, 9.17) is 4.74 Å². The van der Waals surface area contributed by atoms with Gasteiger partial charge >= 0.3 is 6.09 Å². The van der Waals surface area contributed by atoms with E-state index in [1.807, 2.05) is 20.8 Å². The summed E-state index contributed by atoms with van der Waals surface area (Å²) < 4.78 is 5.43. The predicted octanol–water partition coefficient (Wildman–Crippen LogP) is 3.14. The highest BCUT2D eigenvalue weighted by Crippen LogP contribution is 2.18. The second-order valence-electron chi connectivity index (χ2n) is 8.07. The van der Waals surface area contributed by atoms with E-state index in [1.54, 1.807) is 0 Å². The number of hydrogen-bond acceptors (Lipinski definition) is 4. The van der Waals surface area contributed by atoms with Crippen molar-refractivity contribution >= 4 is 6.09 Å². The molecule has 0 radical (unpaired) electrons. The zero-order valence-corrected chi connectivity index (χ0v) is 16.2. The summed E-state index contributed by atoms with van der Waals surface area (Å²) in [5.41, 5.74) is -0.707. The van der Waals surface area contributed by atoms with Crippen molar-refractivity contribution in [1.82, 2.24) is 15.5 Å². The normalized spacial score (nSPS) is 20.1. The third-order valence-corrected chi connectivity index (χ3v) is 4.80. The zero-order valence-electron chi connectivity index (χ0n) is 16.2. The van der Waals surface area contributed by atoms with Gasteiger partial charge in [0.2, 0.25) is 0 Å². The average molecular weight is 328 g/mol. The number of rotatable bonds is 7. The number of nitrogens with zero attached hydrogens (tertiary/aromatic N) is 1. The second-order valence-corrected chi connectivity index (χ2v) is 8.07. The minimum Gasteiger partial charge on any atom is -0.444 e. The summed E-state index contributed by atoms with van der Waals surface area (Å²) >= 11 is 0. The maximum Gasteiger partial charge on any atom is 0.408 e. The van der Waals surface area contributed by atoms with Gasteiger partial charge in [-0.2, -0.15) is 0 Å². The van der Waals surface area contributed by atoms with Crippen molar-refractivity contribution in [3.05, 3.63) is 0 Å². The molecule has 1 unspecified atom stereocenters. The summed E-state index contributed by atoms with van der Waals surface area (Å²) in [5, 5.41) is 6.77. The van der Waals surface area contributed by atoms with Crippen molar-refractivity contribution in [3.8, 4) is 0 Å². The van der Waals surface area contributed by atoms with Crippen LogP contribution in [0.4, 0.5) is 4.79 Å². The molecule has 1 atom stereocenters. The molecule has 1 fully saturated rings. The van der Waals surface area contributed by atoms with Crippen LogP contribution in [-0.2, 0) is 4.74 Å². The Hall–Kier alpha value is -0.810. The Bertz CT molecular complexity index is 373. The van der Waals surface area contributed by atoms with Crippen LogP contribution in [0.1, 0.15) is 67.7 Å². The van der Waals surface area contributed by atoms with Gasteiger partial charge in [-0.25, -0.2) is 4.79 Å². The molecule has 0 aromatic heterocycles. The highest BCUT2D eigenvalue weighted by molar-refractivity contribution is 5.68. The van der Waals surface area contributed by atoms with E-state index in [9.17, 15) is 4.79 Å². The molecule has 2 N–H and O–H groups in total. The zero-order chi connectivity index (χ0) is 17.7. The molecule has 23 heavy (non-hydrogen) atoms. The third-order valence-electron chi connectivity index (χ3n) is 4.80. The number of alkyl carbamates (subject to hydrolysis) is 1. The van der Waals surface area contributed by atoms with Gasteiger partial charge in [-0.15, -0.1) is 0 Å². The first kappa shape index (κ1) is 20.2. The molecule has 1 amide bonds. The van der Waals surface area contributed by atoms with E-state index in [-0.39, 0.29) is 11.6 Å². The number of nitrogens with one attached hydrogen (secondary N) is 2. The molecule has 136 valence electrons. The maximum atomic E-state index is 12.2. The first-order chi connectivity index (χ1) is 10.6. The van der Waals surface area contributed by atoms with Crippen LogP contribution >= 0.6 is 0 Å². The largest absolute Gasteiger partial charge is 0.444 e. The highest BCUT2D eigenvalue weighted by Gasteiger charge is 2.32. The first-order valence-electron chi connectivity index (χ1n) is 9.09. The minimum absolute atomic E-state index is 0.242. The van der Waals surface area contributed by atoms with Gasteiger partial charge in [0, 0.05) is 25.2 Å². The molecule has 0 bridgehead atoms. The molecule has 0 aromatic rings. The Balaban J connectivity index is 2.55. The van der Waals surface area contributed by atoms with Crippen LogP contribution < -0.4 is 10.6 Å². The lowest BCUT2D eigenvalue weighted by Crippen LogP contribution is -2.56. The molecule has 5 nitrogen and oxygen atoms in total. The Morgan fingerprint density at radius 1 is 1.26 bits per heavy atom. The van der Waals surface area contributed by atoms with Crippen LogP contribution in [0.15, 0.2) is 0 Å². The topological polar surface area (TPSA) is 53.6 Å². The fraction of sp³-hybridized carbons (Fsp3) is 0.944. The molecule has 1 aliphatic heterocycles. The quantitative estimate of drug-likeness (QED) is 0.754. The molecule has 0 saturated carbocycles. The number of carbonyl (C=O) groups is 1. The Labute approximate surface area is 142 Å². The molecule has 1 rings (SSSR count). The van der Waals surface area contributed by atoms with Crippen molar-refractivity contribution in [2.45, 2.75) is 91.0 Å². The van der Waals surface area contributed by atoms with Crippen molar-refractivity contribution in [2.75, 3.05) is 19.6 Å². The fourth-order valence-corrected chi connectivity index (χ4v) is 3.00. The number of ether oxygens (including phenoxy) is 1. The number of hydrogen-bond donors (Lipinski definition) is 2. The minimum atomic E-state index is -0.464. The van der Waals surface area contributed by atoms with Crippen LogP contribution in [0.5, 0.6) is 0 Å². The molecule has 0 aliphatic carbocycles. The molecular formula is C18H37N3O2. The third kappa shape index (κ3) is 6.68. The smallest absolute Gasteiger partial charge is 0.408 e. The van der Waals surface area contributed by atoms with Crippen molar-refractivity contribution < 1.29 is 9.53 Å². The van der Waals surface area contributed by atoms with E-state index in [0.717, 1.165) is 32.5 Å². The second kappa shape index (κ2) is 8.34. The van der Waals surface area contributed by atoms with Gasteiger partial charge in [-0.3, -0.25) is 4.90 Å². The van der Waals surface area contributed by atoms with Crippen LogP contribution in [0.3, 0.4) is 0 Å². The standard InChI is InChI=1S/C18H37N3O2/c1-8-18(9-2,20-16(22)23-17(5,6)7)13-19-15-10-11-21(12-15)14(3)4/h14-15,19H,8-13H2,1-7H3,(H,20,22). The lowest BCUT2D eigenvalue weighted by Gasteiger charge is -2.35. The van der Waals surface area contributed by atoms with Gasteiger partial charge in [-0.05, 0) is 60.4 Å². The van der Waals surface area contributed by atoms with E-state index in [2.05, 4.69) is 43.2 Å². The summed E-state index contributed by atoms with van der Waals surface area (Å²) in [6.07, 6.45) is 2.62. The monoisotopic (exact) mass is 327 g/mol. The van der Waals surface area contributed by atoms with Crippen LogP contribution in [-0.4, -0.2) is 53.9 Å². The van der Waals surface area contributed by atoms with Gasteiger partial charge < -0.3 is 15.4 Å². The van der Waals surface area contributed by atoms with Gasteiger partial charge in [-0.1, -0.05) is 13.8 Å². The van der Waals surface area contributed by atoms with E-state index in [0.29, 0.717) is 12.1 Å². The number of likely N-dealkylation sites (tertiary alicyclic amines) is 1. The molecule has 1 aliphatic rings. The molecule has 1 saturated heterocycles. The van der Waals surface area contributed by atoms with Gasteiger partial charge in [0.05, 0.1) is 5.54 Å². The molecule has 5 heteroatoms. The summed E-state index contributed by atoms with van der Waals surface area (Å²) in [6, 6.07) is 1.11. The number of carbonyl (C=O) groups excluding carboxylic acids is 1. The summed E-state index contributed by atoms with van der Waals surface area (Å²) in [7, 11) is 0. The van der Waals surface area contributed by atoms with Gasteiger partial charge in [0.25, 0.3) is 0 Å². The molecular weight excluding hydrogens is 290 g/mol. The van der Waals surface area contributed by atoms with Crippen molar-refractivity contribution in [1.29, 1.82) is 0 Å². The maximum absolute atomic E-state index is 12.2. The summed E-state index contributed by atoms with van der Waals surface area (Å²) in [5.74, 6) is 0. The van der Waals surface area contributed by atoms with Crippen molar-refractivity contribution in [3.63, 3.8) is 0 Å². The molecule has 0 aromatic carbocycles. The van der Waals surface area contributed by atoms with Crippen LogP contribution in [0.2, 0.25) is 0 Å². The van der Waals surface area contributed by atoms with E-state index < -0.39 is 5.60 Å². The summed E-state index contributed by atoms with van der Waals surface area (Å²) in [4.78, 5) is 14.7. The van der Waals surface area contributed by atoms with Crippen LogP contribution in [0.25, 0.3) is 0 Å². The van der Waals surface area contributed by atoms with Gasteiger partial charge in [0.1, 0.15) is 5.60 Å². The predicted molar refractivity (Wildman–Crippen MR) is 95.8 cm³/mol. The SMILES string of the molecule is CCC(CC)(CNC1CCN(C(C)C)C1)NC(=O)OC(C)(C)C. The lowest BCUT2D eigenvalue weighted by atomic mass is 9.92. The fourth-order valence-electron chi connectivity index (χ4n) is 3.00. The van der Waals surface area contributed by atoms with Crippen LogP contribution in [0, 0.1) is 0 Å². The van der Waals surface area contributed by atoms with Gasteiger partial charge in [0.15, 0.2) is 0 Å². The lowest BCUT2D eigenvalue weighted by molar-refractivity contribution is 0.0444. The first-order valence-corrected chi connectivity index (χ1v) is 9.09. The average Bonchev–Trinajstić information content (AvgIpc) is 2.90. The van der Waals surface area contributed by atoms with Crippen molar-refractivity contribution in [2.24, 2.45) is 0 Å². The Kier molecular flexibility index (Phi) is 7.33. The highest BCUT2D eigenvalue weighted by atomic mass is 16.6. The van der Waals surface area contributed by atoms with E-state index in [1.165, 1.54) is 6.42 Å². The van der Waals surface area contributed by atoms with E-state index >= 15 is 0 Å². The Morgan fingerprint density at radius 2 is 1.87 bits per heavy atom. The Morgan fingerprint density at radius 3 is 2.30 bits per heavy atom. The number of amides is 1.